The van der Waals surface area contributed by atoms with E-state index >= 15 is 0 Å². The number of ether oxygens (including phenoxy) is 2. The number of nitrogens with one attached hydrogen (secondary N) is 1. The normalized spacial score (nSPS) is 14.7. The molecule has 1 N–H and O–H groups in total. The summed E-state index contributed by atoms with van der Waals surface area (Å²) in [4.78, 5) is 25.8. The zero-order valence-corrected chi connectivity index (χ0v) is 17.0. The Balaban J connectivity index is 1.87. The molecule has 29 heavy (non-hydrogen) atoms. The zero-order chi connectivity index (χ0) is 21.0. The number of methoxy groups -OCH3 is 1. The van der Waals surface area contributed by atoms with Gasteiger partial charge in [0.2, 0.25) is 0 Å². The Hall–Kier alpha value is -3.31. The van der Waals surface area contributed by atoms with Crippen molar-refractivity contribution in [2.24, 2.45) is 0 Å². The molecular formula is C21H16BrFN2O4. The van der Waals surface area contributed by atoms with Crippen LogP contribution in [0, 0.1) is 18.2 Å². The van der Waals surface area contributed by atoms with E-state index in [9.17, 15) is 14.0 Å². The Morgan fingerprint density at radius 3 is 2.72 bits per heavy atom. The minimum Gasteiger partial charge on any atom is -0.493 e. The second kappa shape index (κ2) is 8.80. The fraction of sp³-hybridized carbons (Fsp3) is 0.143. The van der Waals surface area contributed by atoms with Crippen molar-refractivity contribution in [1.29, 1.82) is 0 Å². The van der Waals surface area contributed by atoms with E-state index in [0.29, 0.717) is 21.5 Å². The average Bonchev–Trinajstić information content (AvgIpc) is 2.97. The largest absolute Gasteiger partial charge is 0.493 e. The summed E-state index contributed by atoms with van der Waals surface area (Å²) in [6.45, 7) is -0.0964. The highest BCUT2D eigenvalue weighted by Gasteiger charge is 2.34. The summed E-state index contributed by atoms with van der Waals surface area (Å²) in [5.41, 5.74) is 0.882. The first-order chi connectivity index (χ1) is 13.9. The quantitative estimate of drug-likeness (QED) is 0.407. The molecule has 8 heteroatoms. The molecule has 1 fully saturated rings. The molecule has 148 valence electrons. The van der Waals surface area contributed by atoms with E-state index in [0.717, 1.165) is 4.90 Å². The lowest BCUT2D eigenvalue weighted by Crippen LogP contribution is -2.30. The van der Waals surface area contributed by atoms with Crippen molar-refractivity contribution < 1.29 is 23.5 Å². The summed E-state index contributed by atoms with van der Waals surface area (Å²) in [5, 5.41) is 2.51. The van der Waals surface area contributed by atoms with E-state index in [1.54, 1.807) is 18.2 Å². The van der Waals surface area contributed by atoms with E-state index in [-0.39, 0.29) is 24.4 Å². The number of benzene rings is 2. The lowest BCUT2D eigenvalue weighted by Gasteiger charge is -2.12. The van der Waals surface area contributed by atoms with Gasteiger partial charge in [-0.25, -0.2) is 9.18 Å². The van der Waals surface area contributed by atoms with Gasteiger partial charge in [0.25, 0.3) is 5.91 Å². The standard InChI is InChI=1S/C21H16BrFN2O4/c1-3-8-29-19-11-15(22)14(10-18(19)28-2)9-17-20(26)25(21(27)24-17)12-13-6-4-5-7-16(13)23/h1,4-7,9-11H,8,12H2,2H3,(H,24,27)/b17-9+. The number of urea groups is 1. The number of hydrogen-bond acceptors (Lipinski definition) is 4. The lowest BCUT2D eigenvalue weighted by atomic mass is 10.1. The summed E-state index contributed by atoms with van der Waals surface area (Å²) < 4.78 is 25.2. The number of terminal acetylenes is 1. The van der Waals surface area contributed by atoms with Crippen LogP contribution in [0.25, 0.3) is 6.08 Å². The number of imide groups is 1. The number of nitrogens with zero attached hydrogens (tertiary/aromatic N) is 1. The maximum atomic E-state index is 13.9. The Morgan fingerprint density at radius 1 is 1.28 bits per heavy atom. The Kier molecular flexibility index (Phi) is 6.20. The SMILES string of the molecule is C#CCOc1cc(Br)c(/C=C2/NC(=O)N(Cc3ccccc3F)C2=O)cc1OC. The molecule has 2 aromatic carbocycles. The van der Waals surface area contributed by atoms with E-state index < -0.39 is 17.8 Å². The van der Waals surface area contributed by atoms with Gasteiger partial charge in [-0.1, -0.05) is 40.0 Å². The molecule has 1 saturated heterocycles. The van der Waals surface area contributed by atoms with Crippen LogP contribution in [-0.2, 0) is 11.3 Å². The molecule has 1 aliphatic rings. The third kappa shape index (κ3) is 4.41. The molecule has 3 rings (SSSR count). The smallest absolute Gasteiger partial charge is 0.329 e. The van der Waals surface area contributed by atoms with Gasteiger partial charge >= 0.3 is 6.03 Å². The Bertz CT molecular complexity index is 1050. The van der Waals surface area contributed by atoms with Crippen LogP contribution < -0.4 is 14.8 Å². The van der Waals surface area contributed by atoms with Crippen LogP contribution in [0.4, 0.5) is 9.18 Å². The summed E-state index contributed by atoms with van der Waals surface area (Å²) in [6, 6.07) is 8.65. The maximum absolute atomic E-state index is 13.9. The van der Waals surface area contributed by atoms with Crippen LogP contribution in [0.1, 0.15) is 11.1 Å². The van der Waals surface area contributed by atoms with Crippen molar-refractivity contribution >= 4 is 33.9 Å². The third-order valence-electron chi connectivity index (χ3n) is 4.14. The highest BCUT2D eigenvalue weighted by atomic mass is 79.9. The second-order valence-corrected chi connectivity index (χ2v) is 6.84. The summed E-state index contributed by atoms with van der Waals surface area (Å²) in [7, 11) is 1.47. The van der Waals surface area contributed by atoms with Gasteiger partial charge in [0.1, 0.15) is 18.1 Å². The Labute approximate surface area is 175 Å². The summed E-state index contributed by atoms with van der Waals surface area (Å²) in [5.74, 6) is 2.17. The molecule has 0 aromatic heterocycles. The number of amides is 3. The minimum absolute atomic E-state index is 0.0615. The molecule has 3 amide bonds. The topological polar surface area (TPSA) is 67.9 Å². The molecule has 1 heterocycles. The van der Waals surface area contributed by atoms with Crippen LogP contribution in [0.2, 0.25) is 0 Å². The fourth-order valence-electron chi connectivity index (χ4n) is 2.72. The zero-order valence-electron chi connectivity index (χ0n) is 15.4. The molecule has 0 radical (unpaired) electrons. The van der Waals surface area contributed by atoms with Gasteiger partial charge in [-0.05, 0) is 29.8 Å². The first-order valence-corrected chi connectivity index (χ1v) is 9.25. The number of carbonyl (C=O) groups excluding carboxylic acids is 2. The number of halogens is 2. The monoisotopic (exact) mass is 458 g/mol. The first kappa shape index (κ1) is 20.4. The number of carbonyl (C=O) groups is 2. The van der Waals surface area contributed by atoms with Crippen LogP contribution in [-0.4, -0.2) is 30.6 Å². The van der Waals surface area contributed by atoms with Crippen LogP contribution >= 0.6 is 15.9 Å². The van der Waals surface area contributed by atoms with Crippen LogP contribution in [0.5, 0.6) is 11.5 Å². The molecule has 0 bridgehead atoms. The predicted octanol–water partition coefficient (Wildman–Crippen LogP) is 3.70. The second-order valence-electron chi connectivity index (χ2n) is 5.99. The molecule has 0 unspecified atom stereocenters. The van der Waals surface area contributed by atoms with Crippen molar-refractivity contribution in [3.8, 4) is 23.8 Å². The van der Waals surface area contributed by atoms with E-state index in [4.69, 9.17) is 15.9 Å². The minimum atomic E-state index is -0.624. The number of hydrogen-bond donors (Lipinski definition) is 1. The van der Waals surface area contributed by atoms with Crippen molar-refractivity contribution in [3.63, 3.8) is 0 Å². The van der Waals surface area contributed by atoms with Crippen molar-refractivity contribution in [3.05, 3.63) is 63.5 Å². The Morgan fingerprint density at radius 2 is 2.03 bits per heavy atom. The highest BCUT2D eigenvalue weighted by Crippen LogP contribution is 2.35. The third-order valence-corrected chi connectivity index (χ3v) is 4.83. The van der Waals surface area contributed by atoms with E-state index in [1.165, 1.54) is 31.4 Å². The average molecular weight is 459 g/mol. The van der Waals surface area contributed by atoms with Crippen molar-refractivity contribution in [2.75, 3.05) is 13.7 Å². The summed E-state index contributed by atoms with van der Waals surface area (Å²) >= 11 is 3.40. The first-order valence-electron chi connectivity index (χ1n) is 8.46. The van der Waals surface area contributed by atoms with Gasteiger partial charge < -0.3 is 14.8 Å². The van der Waals surface area contributed by atoms with E-state index in [2.05, 4.69) is 27.2 Å². The molecule has 0 aliphatic carbocycles. The maximum Gasteiger partial charge on any atom is 0.329 e. The van der Waals surface area contributed by atoms with Gasteiger partial charge in [0, 0.05) is 10.0 Å². The van der Waals surface area contributed by atoms with Gasteiger partial charge in [-0.15, -0.1) is 6.42 Å². The molecule has 2 aromatic rings. The highest BCUT2D eigenvalue weighted by molar-refractivity contribution is 9.10. The van der Waals surface area contributed by atoms with E-state index in [1.807, 2.05) is 0 Å². The number of rotatable bonds is 6. The van der Waals surface area contributed by atoms with Crippen LogP contribution in [0.15, 0.2) is 46.6 Å². The molecule has 6 nitrogen and oxygen atoms in total. The molecule has 1 aliphatic heterocycles. The van der Waals surface area contributed by atoms with Crippen molar-refractivity contribution in [1.82, 2.24) is 10.2 Å². The molecule has 0 spiro atoms. The van der Waals surface area contributed by atoms with Gasteiger partial charge in [-0.3, -0.25) is 9.69 Å². The summed E-state index contributed by atoms with van der Waals surface area (Å²) in [6.07, 6.45) is 6.71. The molecular weight excluding hydrogens is 443 g/mol. The van der Waals surface area contributed by atoms with Gasteiger partial charge in [-0.2, -0.15) is 0 Å². The van der Waals surface area contributed by atoms with Crippen LogP contribution in [0.3, 0.4) is 0 Å². The van der Waals surface area contributed by atoms with Gasteiger partial charge in [0.05, 0.1) is 13.7 Å². The predicted molar refractivity (Wildman–Crippen MR) is 108 cm³/mol. The molecule has 0 saturated carbocycles. The fourth-order valence-corrected chi connectivity index (χ4v) is 3.16. The lowest BCUT2D eigenvalue weighted by molar-refractivity contribution is -0.123. The van der Waals surface area contributed by atoms with Gasteiger partial charge in [0.15, 0.2) is 11.5 Å². The van der Waals surface area contributed by atoms with Crippen molar-refractivity contribution in [2.45, 2.75) is 6.54 Å². The molecule has 0 atom stereocenters.